The number of carbonyl (C=O) groups excluding carboxylic acids is 1. The van der Waals surface area contributed by atoms with Gasteiger partial charge in [0.25, 0.3) is 5.91 Å². The lowest BCUT2D eigenvalue weighted by molar-refractivity contribution is 0.0790. The molecule has 1 atom stereocenters. The van der Waals surface area contributed by atoms with Crippen molar-refractivity contribution in [3.63, 3.8) is 0 Å². The van der Waals surface area contributed by atoms with Crippen LogP contribution in [0.3, 0.4) is 0 Å². The fourth-order valence-corrected chi connectivity index (χ4v) is 2.52. The van der Waals surface area contributed by atoms with Crippen LogP contribution in [0.4, 0.5) is 0 Å². The highest BCUT2D eigenvalue weighted by Gasteiger charge is 2.29. The maximum atomic E-state index is 12.3. The number of aromatic nitrogens is 4. The molecule has 0 bridgehead atoms. The van der Waals surface area contributed by atoms with Gasteiger partial charge < -0.3 is 4.90 Å². The summed E-state index contributed by atoms with van der Waals surface area (Å²) in [6.07, 6.45) is 6.20. The number of carbonyl (C=O) groups is 1. The summed E-state index contributed by atoms with van der Waals surface area (Å²) in [6.45, 7) is 4.33. The van der Waals surface area contributed by atoms with Gasteiger partial charge in [0, 0.05) is 43.6 Å². The lowest BCUT2D eigenvalue weighted by Crippen LogP contribution is -2.28. The minimum atomic E-state index is 0.0710. The highest BCUT2D eigenvalue weighted by Crippen LogP contribution is 2.26. The minimum absolute atomic E-state index is 0.0710. The van der Waals surface area contributed by atoms with Crippen molar-refractivity contribution >= 4 is 5.91 Å². The summed E-state index contributed by atoms with van der Waals surface area (Å²) in [7, 11) is 0. The molecule has 2 aromatic rings. The second-order valence-corrected chi connectivity index (χ2v) is 4.83. The Morgan fingerprint density at radius 2 is 2.47 bits per heavy atom. The second-order valence-electron chi connectivity index (χ2n) is 4.83. The molecule has 1 aliphatic rings. The van der Waals surface area contributed by atoms with Gasteiger partial charge in [0.1, 0.15) is 0 Å². The number of rotatable bonds is 3. The molecule has 1 saturated heterocycles. The van der Waals surface area contributed by atoms with Crippen LogP contribution >= 0.6 is 0 Å². The molecule has 2 aromatic heterocycles. The van der Waals surface area contributed by atoms with Gasteiger partial charge in [-0.2, -0.15) is 10.2 Å². The van der Waals surface area contributed by atoms with Crippen molar-refractivity contribution in [1.29, 1.82) is 0 Å². The van der Waals surface area contributed by atoms with E-state index in [2.05, 4.69) is 15.3 Å². The highest BCUT2D eigenvalue weighted by molar-refractivity contribution is 5.94. The molecule has 100 valence electrons. The Kier molecular flexibility index (Phi) is 3.06. The van der Waals surface area contributed by atoms with E-state index in [0.29, 0.717) is 11.5 Å². The predicted octanol–water partition coefficient (Wildman–Crippen LogP) is 1.26. The number of likely N-dealkylation sites (tertiary alicyclic amines) is 1. The Morgan fingerprint density at radius 1 is 1.58 bits per heavy atom. The van der Waals surface area contributed by atoms with Crippen LogP contribution in [0.25, 0.3) is 0 Å². The normalized spacial score (nSPS) is 19.0. The maximum Gasteiger partial charge on any atom is 0.257 e. The van der Waals surface area contributed by atoms with Gasteiger partial charge in [-0.1, -0.05) is 0 Å². The second kappa shape index (κ2) is 4.87. The molecule has 3 rings (SSSR count). The van der Waals surface area contributed by atoms with Gasteiger partial charge >= 0.3 is 0 Å². The molecular formula is C13H17N5O. The lowest BCUT2D eigenvalue weighted by Gasteiger charge is -2.14. The van der Waals surface area contributed by atoms with Gasteiger partial charge in [0.15, 0.2) is 0 Å². The molecule has 1 fully saturated rings. The van der Waals surface area contributed by atoms with Crippen LogP contribution < -0.4 is 0 Å². The smallest absolute Gasteiger partial charge is 0.257 e. The minimum Gasteiger partial charge on any atom is -0.338 e. The fourth-order valence-electron chi connectivity index (χ4n) is 2.52. The largest absolute Gasteiger partial charge is 0.338 e. The van der Waals surface area contributed by atoms with E-state index in [-0.39, 0.29) is 5.91 Å². The number of nitrogens with one attached hydrogen (secondary N) is 1. The van der Waals surface area contributed by atoms with Crippen LogP contribution in [0.5, 0.6) is 0 Å². The van der Waals surface area contributed by atoms with Crippen molar-refractivity contribution in [2.24, 2.45) is 0 Å². The van der Waals surface area contributed by atoms with E-state index >= 15 is 0 Å². The molecule has 1 aliphatic heterocycles. The molecule has 0 unspecified atom stereocenters. The SMILES string of the molecule is CCn1cc(C(=O)N2CC[C@@H](c3ccn[nH]3)C2)cn1. The van der Waals surface area contributed by atoms with Crippen LogP contribution in [0, 0.1) is 0 Å². The molecular weight excluding hydrogens is 242 g/mol. The summed E-state index contributed by atoms with van der Waals surface area (Å²) in [4.78, 5) is 14.2. The molecule has 0 saturated carbocycles. The lowest BCUT2D eigenvalue weighted by atomic mass is 10.1. The predicted molar refractivity (Wildman–Crippen MR) is 69.8 cm³/mol. The summed E-state index contributed by atoms with van der Waals surface area (Å²) >= 11 is 0. The van der Waals surface area contributed by atoms with E-state index in [1.54, 1.807) is 17.1 Å². The standard InChI is InChI=1S/C13H17N5O/c1-2-18-9-11(7-15-18)13(19)17-6-4-10(8-17)12-3-5-14-16-12/h3,5,7,9-10H,2,4,6,8H2,1H3,(H,14,16)/t10-/m1/s1. The van der Waals surface area contributed by atoms with Crippen molar-refractivity contribution in [2.75, 3.05) is 13.1 Å². The van der Waals surface area contributed by atoms with Crippen molar-refractivity contribution in [1.82, 2.24) is 24.9 Å². The van der Waals surface area contributed by atoms with Crippen LogP contribution in [0.15, 0.2) is 24.7 Å². The van der Waals surface area contributed by atoms with Crippen LogP contribution in [-0.4, -0.2) is 43.9 Å². The number of nitrogens with zero attached hydrogens (tertiary/aromatic N) is 4. The molecule has 0 aromatic carbocycles. The molecule has 1 amide bonds. The monoisotopic (exact) mass is 259 g/mol. The molecule has 6 heteroatoms. The van der Waals surface area contributed by atoms with E-state index in [9.17, 15) is 4.79 Å². The van der Waals surface area contributed by atoms with Crippen LogP contribution in [0.2, 0.25) is 0 Å². The van der Waals surface area contributed by atoms with Gasteiger partial charge in [0.05, 0.1) is 11.8 Å². The van der Waals surface area contributed by atoms with E-state index in [4.69, 9.17) is 0 Å². The first-order valence-electron chi connectivity index (χ1n) is 6.59. The number of hydrogen-bond donors (Lipinski definition) is 1. The molecule has 0 spiro atoms. The van der Waals surface area contributed by atoms with Crippen LogP contribution in [0.1, 0.15) is 35.3 Å². The number of aryl methyl sites for hydroxylation is 1. The molecule has 0 aliphatic carbocycles. The Morgan fingerprint density at radius 3 is 3.16 bits per heavy atom. The topological polar surface area (TPSA) is 66.8 Å². The Bertz CT molecular complexity index is 559. The van der Waals surface area contributed by atoms with Gasteiger partial charge in [0.2, 0.25) is 0 Å². The zero-order valence-electron chi connectivity index (χ0n) is 10.9. The van der Waals surface area contributed by atoms with Gasteiger partial charge in [-0.3, -0.25) is 14.6 Å². The Hall–Kier alpha value is -2.11. The maximum absolute atomic E-state index is 12.3. The molecule has 1 N–H and O–H groups in total. The quantitative estimate of drug-likeness (QED) is 0.902. The third kappa shape index (κ3) is 2.25. The average molecular weight is 259 g/mol. The fraction of sp³-hybridized carbons (Fsp3) is 0.462. The highest BCUT2D eigenvalue weighted by atomic mass is 16.2. The Labute approximate surface area is 111 Å². The van der Waals surface area contributed by atoms with Crippen LogP contribution in [-0.2, 0) is 6.54 Å². The molecule has 0 radical (unpaired) electrons. The third-order valence-corrected chi connectivity index (χ3v) is 3.64. The van der Waals surface area contributed by atoms with Crippen molar-refractivity contribution in [3.05, 3.63) is 35.9 Å². The first kappa shape index (κ1) is 12.0. The number of amides is 1. The first-order chi connectivity index (χ1) is 9.28. The van der Waals surface area contributed by atoms with Crippen molar-refractivity contribution in [3.8, 4) is 0 Å². The first-order valence-corrected chi connectivity index (χ1v) is 6.59. The molecule has 19 heavy (non-hydrogen) atoms. The summed E-state index contributed by atoms with van der Waals surface area (Å²) in [5, 5.41) is 11.1. The van der Waals surface area contributed by atoms with Gasteiger partial charge in [-0.25, -0.2) is 0 Å². The summed E-state index contributed by atoms with van der Waals surface area (Å²) < 4.78 is 1.77. The van der Waals surface area contributed by atoms with E-state index in [1.165, 1.54) is 0 Å². The van der Waals surface area contributed by atoms with E-state index in [0.717, 1.165) is 31.7 Å². The molecule has 3 heterocycles. The van der Waals surface area contributed by atoms with Gasteiger partial charge in [-0.15, -0.1) is 0 Å². The number of hydrogen-bond acceptors (Lipinski definition) is 3. The van der Waals surface area contributed by atoms with Crippen molar-refractivity contribution in [2.45, 2.75) is 25.8 Å². The zero-order chi connectivity index (χ0) is 13.2. The number of H-pyrrole nitrogens is 1. The average Bonchev–Trinajstić information content (AvgIpc) is 3.16. The summed E-state index contributed by atoms with van der Waals surface area (Å²) in [5.41, 5.74) is 1.78. The summed E-state index contributed by atoms with van der Waals surface area (Å²) in [6, 6.07) is 1.98. The Balaban J connectivity index is 1.69. The summed E-state index contributed by atoms with van der Waals surface area (Å²) in [5.74, 6) is 0.439. The number of aromatic amines is 1. The van der Waals surface area contributed by atoms with Crippen molar-refractivity contribution < 1.29 is 4.79 Å². The van der Waals surface area contributed by atoms with E-state index in [1.807, 2.05) is 24.1 Å². The third-order valence-electron chi connectivity index (χ3n) is 3.64. The van der Waals surface area contributed by atoms with E-state index < -0.39 is 0 Å². The van der Waals surface area contributed by atoms with Gasteiger partial charge in [-0.05, 0) is 19.4 Å². The molecule has 6 nitrogen and oxygen atoms in total. The zero-order valence-corrected chi connectivity index (χ0v) is 10.9.